The van der Waals surface area contributed by atoms with Crippen LogP contribution in [0.3, 0.4) is 0 Å². The van der Waals surface area contributed by atoms with E-state index in [0.717, 1.165) is 0 Å². The number of ether oxygens (including phenoxy) is 3. The van der Waals surface area contributed by atoms with Gasteiger partial charge in [-0.25, -0.2) is 0 Å². The number of rotatable bonds is 8. The zero-order valence-corrected chi connectivity index (χ0v) is 9.30. The second-order valence-corrected chi connectivity index (χ2v) is 2.83. The molecule has 0 aromatic heterocycles. The summed E-state index contributed by atoms with van der Waals surface area (Å²) in [6.45, 7) is 0.524. The molecule has 0 aromatic carbocycles. The van der Waals surface area contributed by atoms with Crippen molar-refractivity contribution in [3.63, 3.8) is 0 Å². The van der Waals surface area contributed by atoms with E-state index >= 15 is 0 Å². The minimum atomic E-state index is -0.477. The summed E-state index contributed by atoms with van der Waals surface area (Å²) in [5, 5.41) is 0. The van der Waals surface area contributed by atoms with E-state index < -0.39 is 11.9 Å². The summed E-state index contributed by atoms with van der Waals surface area (Å²) < 4.78 is 13.4. The fraction of sp³-hybridized carbons (Fsp3) is 0.667. The Kier molecular flexibility index (Phi) is 7.78. The molecular formula is C9H15NO6. The smallest absolute Gasteiger partial charge is 0.319 e. The van der Waals surface area contributed by atoms with Crippen molar-refractivity contribution in [1.29, 1.82) is 0 Å². The third-order valence-electron chi connectivity index (χ3n) is 1.75. The van der Waals surface area contributed by atoms with Gasteiger partial charge in [0.2, 0.25) is 0 Å². The molecule has 7 heteroatoms. The Bertz CT molecular complexity index is 224. The van der Waals surface area contributed by atoms with E-state index in [9.17, 15) is 14.4 Å². The van der Waals surface area contributed by atoms with Gasteiger partial charge in [0.1, 0.15) is 6.61 Å². The van der Waals surface area contributed by atoms with E-state index in [2.05, 4.69) is 14.2 Å². The van der Waals surface area contributed by atoms with Gasteiger partial charge in [-0.1, -0.05) is 0 Å². The van der Waals surface area contributed by atoms with Gasteiger partial charge < -0.3 is 14.2 Å². The average Bonchev–Trinajstić information content (AvgIpc) is 2.28. The minimum Gasteiger partial charge on any atom is -0.468 e. The van der Waals surface area contributed by atoms with Crippen molar-refractivity contribution in [1.82, 2.24) is 4.90 Å². The van der Waals surface area contributed by atoms with Crippen molar-refractivity contribution in [2.75, 3.05) is 40.5 Å². The van der Waals surface area contributed by atoms with Gasteiger partial charge in [0.15, 0.2) is 0 Å². The van der Waals surface area contributed by atoms with Crippen molar-refractivity contribution < 1.29 is 28.6 Å². The Hall–Kier alpha value is -1.63. The highest BCUT2D eigenvalue weighted by molar-refractivity contribution is 5.74. The van der Waals surface area contributed by atoms with Crippen LogP contribution >= 0.6 is 0 Å². The van der Waals surface area contributed by atoms with Gasteiger partial charge in [0.25, 0.3) is 6.47 Å². The van der Waals surface area contributed by atoms with E-state index in [1.165, 1.54) is 19.1 Å². The number of carbonyl (C=O) groups excluding carboxylic acids is 3. The van der Waals surface area contributed by atoms with E-state index in [4.69, 9.17) is 0 Å². The van der Waals surface area contributed by atoms with Crippen molar-refractivity contribution in [2.45, 2.75) is 0 Å². The molecule has 0 radical (unpaired) electrons. The van der Waals surface area contributed by atoms with Crippen molar-refractivity contribution in [3.05, 3.63) is 0 Å². The number of methoxy groups -OCH3 is 2. The first-order chi connectivity index (χ1) is 7.63. The molecule has 0 aromatic rings. The van der Waals surface area contributed by atoms with Crippen molar-refractivity contribution in [3.8, 4) is 0 Å². The van der Waals surface area contributed by atoms with Gasteiger partial charge in [0, 0.05) is 6.54 Å². The van der Waals surface area contributed by atoms with Crippen LogP contribution in [0.1, 0.15) is 0 Å². The lowest BCUT2D eigenvalue weighted by Crippen LogP contribution is -2.37. The summed E-state index contributed by atoms with van der Waals surface area (Å²) in [5.74, 6) is -0.954. The molecule has 0 aliphatic carbocycles. The Morgan fingerprint density at radius 1 is 1.12 bits per heavy atom. The number of hydrogen-bond acceptors (Lipinski definition) is 7. The second-order valence-electron chi connectivity index (χ2n) is 2.83. The molecule has 0 amide bonds. The number of nitrogens with zero attached hydrogens (tertiary/aromatic N) is 1. The Labute approximate surface area is 93.2 Å². The molecule has 0 atom stereocenters. The predicted molar refractivity (Wildman–Crippen MR) is 52.5 cm³/mol. The molecule has 0 unspecified atom stereocenters. The molecule has 0 N–H and O–H groups in total. The van der Waals surface area contributed by atoms with Crippen molar-refractivity contribution in [2.24, 2.45) is 0 Å². The molecule has 0 rings (SSSR count). The molecule has 7 nitrogen and oxygen atoms in total. The van der Waals surface area contributed by atoms with Gasteiger partial charge in [-0.2, -0.15) is 0 Å². The molecule has 0 aliphatic rings. The molecule has 0 saturated heterocycles. The van der Waals surface area contributed by atoms with Crippen molar-refractivity contribution >= 4 is 18.4 Å². The fourth-order valence-corrected chi connectivity index (χ4v) is 0.938. The highest BCUT2D eigenvalue weighted by atomic mass is 16.5. The number of carbonyl (C=O) groups is 3. The van der Waals surface area contributed by atoms with E-state index in [-0.39, 0.29) is 26.2 Å². The lowest BCUT2D eigenvalue weighted by Gasteiger charge is -2.18. The van der Waals surface area contributed by atoms with Gasteiger partial charge in [-0.15, -0.1) is 0 Å². The van der Waals surface area contributed by atoms with Crippen LogP contribution in [0.4, 0.5) is 0 Å². The fourth-order valence-electron chi connectivity index (χ4n) is 0.938. The quantitative estimate of drug-likeness (QED) is 0.225. The average molecular weight is 233 g/mol. The molecule has 0 saturated carbocycles. The van der Waals surface area contributed by atoms with Crippen LogP contribution in [0.2, 0.25) is 0 Å². The topological polar surface area (TPSA) is 82.1 Å². The van der Waals surface area contributed by atoms with E-state index in [1.54, 1.807) is 0 Å². The van der Waals surface area contributed by atoms with Crippen LogP contribution in [-0.4, -0.2) is 63.8 Å². The molecule has 92 valence electrons. The maximum absolute atomic E-state index is 11.0. The van der Waals surface area contributed by atoms with Crippen LogP contribution in [0.25, 0.3) is 0 Å². The summed E-state index contributed by atoms with van der Waals surface area (Å²) in [7, 11) is 2.50. The van der Waals surface area contributed by atoms with Gasteiger partial charge in [-0.05, 0) is 0 Å². The maximum Gasteiger partial charge on any atom is 0.319 e. The molecular weight excluding hydrogens is 218 g/mol. The van der Waals surface area contributed by atoms with Crippen LogP contribution in [0, 0.1) is 0 Å². The number of esters is 2. The Balaban J connectivity index is 4.09. The van der Waals surface area contributed by atoms with Crippen LogP contribution < -0.4 is 0 Å². The highest BCUT2D eigenvalue weighted by Crippen LogP contribution is 1.91. The van der Waals surface area contributed by atoms with Gasteiger partial charge >= 0.3 is 11.9 Å². The van der Waals surface area contributed by atoms with E-state index in [0.29, 0.717) is 6.47 Å². The summed E-state index contributed by atoms with van der Waals surface area (Å²) in [5.41, 5.74) is 0. The minimum absolute atomic E-state index is 0.0617. The normalized spacial score (nSPS) is 9.69. The van der Waals surface area contributed by atoms with Crippen LogP contribution in [0.15, 0.2) is 0 Å². The third-order valence-corrected chi connectivity index (χ3v) is 1.75. The van der Waals surface area contributed by atoms with Crippen LogP contribution in [-0.2, 0) is 28.6 Å². The van der Waals surface area contributed by atoms with Gasteiger partial charge in [0.05, 0.1) is 27.3 Å². The number of hydrogen-bond donors (Lipinski definition) is 0. The Morgan fingerprint density at radius 2 is 1.62 bits per heavy atom. The monoisotopic (exact) mass is 233 g/mol. The summed E-state index contributed by atoms with van der Waals surface area (Å²) in [6.07, 6.45) is 0. The molecule has 0 aliphatic heterocycles. The first-order valence-electron chi connectivity index (χ1n) is 4.55. The molecule has 0 heterocycles. The molecule has 0 spiro atoms. The van der Waals surface area contributed by atoms with E-state index in [1.807, 2.05) is 0 Å². The summed E-state index contributed by atoms with van der Waals surface area (Å²) in [4.78, 5) is 33.4. The van der Waals surface area contributed by atoms with Crippen LogP contribution in [0.5, 0.6) is 0 Å². The SMILES string of the molecule is COC(=O)CN(CCOC=O)CC(=O)OC. The Morgan fingerprint density at radius 3 is 2.00 bits per heavy atom. The lowest BCUT2D eigenvalue weighted by atomic mass is 10.4. The maximum atomic E-state index is 11.0. The largest absolute Gasteiger partial charge is 0.468 e. The third kappa shape index (κ3) is 6.77. The zero-order chi connectivity index (χ0) is 12.4. The summed E-state index contributed by atoms with van der Waals surface area (Å²) >= 11 is 0. The lowest BCUT2D eigenvalue weighted by molar-refractivity contribution is -0.145. The standard InChI is InChI=1S/C9H15NO6/c1-14-8(12)5-10(3-4-16-7-11)6-9(13)15-2/h7H,3-6H2,1-2H3. The first kappa shape index (κ1) is 14.4. The van der Waals surface area contributed by atoms with Gasteiger partial charge in [-0.3, -0.25) is 19.3 Å². The zero-order valence-electron chi connectivity index (χ0n) is 9.30. The predicted octanol–water partition coefficient (Wildman–Crippen LogP) is -1.19. The second kappa shape index (κ2) is 8.66. The summed E-state index contributed by atoms with van der Waals surface area (Å²) in [6, 6.07) is 0. The molecule has 0 bridgehead atoms. The first-order valence-corrected chi connectivity index (χ1v) is 4.55. The molecule has 16 heavy (non-hydrogen) atoms. The highest BCUT2D eigenvalue weighted by Gasteiger charge is 2.14. The molecule has 0 fully saturated rings.